The highest BCUT2D eigenvalue weighted by atomic mass is 32.2. The third-order valence-electron chi connectivity index (χ3n) is 7.44. The van der Waals surface area contributed by atoms with E-state index in [1.165, 1.54) is 35.4 Å². The van der Waals surface area contributed by atoms with Crippen LogP contribution in [0.4, 0.5) is 9.18 Å². The van der Waals surface area contributed by atoms with Crippen molar-refractivity contribution in [1.82, 2.24) is 19.9 Å². The first-order valence-electron chi connectivity index (χ1n) is 13.4. The highest BCUT2D eigenvalue weighted by molar-refractivity contribution is 7.91. The van der Waals surface area contributed by atoms with E-state index in [4.69, 9.17) is 9.47 Å². The smallest absolute Gasteiger partial charge is 0.411 e. The summed E-state index contributed by atoms with van der Waals surface area (Å²) in [5, 5.41) is 2.83. The molecule has 0 spiro atoms. The molecule has 5 rings (SSSR count). The summed E-state index contributed by atoms with van der Waals surface area (Å²) in [4.78, 5) is 45.4. The summed E-state index contributed by atoms with van der Waals surface area (Å²) in [7, 11) is -3.85. The second-order valence-electron chi connectivity index (χ2n) is 11.8. The summed E-state index contributed by atoms with van der Waals surface area (Å²) in [5.74, 6) is -2.28. The molecule has 13 heteroatoms. The maximum atomic E-state index is 14.3. The molecule has 3 amide bonds. The van der Waals surface area contributed by atoms with Gasteiger partial charge in [0.1, 0.15) is 29.1 Å². The van der Waals surface area contributed by atoms with Crippen LogP contribution in [-0.2, 0) is 24.3 Å². The summed E-state index contributed by atoms with van der Waals surface area (Å²) in [6, 6.07) is 4.94. The maximum absolute atomic E-state index is 14.3. The zero-order valence-electron chi connectivity index (χ0n) is 23.1. The molecule has 2 N–H and O–H groups in total. The van der Waals surface area contributed by atoms with Crippen LogP contribution < -0.4 is 14.8 Å². The Labute approximate surface area is 237 Å². The fourth-order valence-corrected chi connectivity index (χ4v) is 6.43. The lowest BCUT2D eigenvalue weighted by Gasteiger charge is -2.29. The highest BCUT2D eigenvalue weighted by Crippen LogP contribution is 2.45. The number of amides is 3. The van der Waals surface area contributed by atoms with Crippen molar-refractivity contribution in [3.05, 3.63) is 48.9 Å². The van der Waals surface area contributed by atoms with E-state index in [-0.39, 0.29) is 25.3 Å². The lowest BCUT2D eigenvalue weighted by molar-refractivity contribution is -0.131. The lowest BCUT2D eigenvalue weighted by Crippen LogP contribution is -2.56. The second kappa shape index (κ2) is 10.3. The molecule has 41 heavy (non-hydrogen) atoms. The van der Waals surface area contributed by atoms with Gasteiger partial charge in [0.05, 0.1) is 11.8 Å². The van der Waals surface area contributed by atoms with E-state index in [0.29, 0.717) is 23.6 Å². The van der Waals surface area contributed by atoms with Crippen molar-refractivity contribution >= 4 is 38.7 Å². The van der Waals surface area contributed by atoms with Crippen molar-refractivity contribution in [2.75, 3.05) is 6.54 Å². The van der Waals surface area contributed by atoms with E-state index in [1.807, 2.05) is 0 Å². The minimum absolute atomic E-state index is 0.0231. The number of pyridine rings is 1. The second-order valence-corrected chi connectivity index (χ2v) is 13.7. The number of likely N-dealkylation sites (tertiary alicyclic amines) is 1. The molecule has 220 valence electrons. The van der Waals surface area contributed by atoms with Gasteiger partial charge in [-0.1, -0.05) is 12.1 Å². The van der Waals surface area contributed by atoms with Crippen LogP contribution in [0.2, 0.25) is 0 Å². The number of benzene rings is 1. The number of fused-ring (bicyclic) bond motifs is 1. The minimum atomic E-state index is -3.85. The van der Waals surface area contributed by atoms with Crippen molar-refractivity contribution in [2.45, 2.75) is 75.0 Å². The Morgan fingerprint density at radius 2 is 1.93 bits per heavy atom. The molecule has 3 aliphatic rings. The van der Waals surface area contributed by atoms with Gasteiger partial charge in [0.2, 0.25) is 21.8 Å². The van der Waals surface area contributed by atoms with E-state index in [0.717, 1.165) is 0 Å². The number of aromatic nitrogens is 1. The van der Waals surface area contributed by atoms with Gasteiger partial charge in [-0.05, 0) is 58.2 Å². The number of rotatable bonds is 8. The van der Waals surface area contributed by atoms with Crippen LogP contribution in [0.3, 0.4) is 0 Å². The van der Waals surface area contributed by atoms with Crippen LogP contribution in [-0.4, -0.2) is 71.3 Å². The van der Waals surface area contributed by atoms with Crippen molar-refractivity contribution in [3.8, 4) is 5.88 Å². The number of ether oxygens (including phenoxy) is 2. The van der Waals surface area contributed by atoms with Crippen LogP contribution in [0.25, 0.3) is 10.8 Å². The first kappa shape index (κ1) is 28.8. The average Bonchev–Trinajstić information content (AvgIpc) is 3.80. The fraction of sp³-hybridized carbons (Fsp3) is 0.500. The van der Waals surface area contributed by atoms with E-state index in [1.54, 1.807) is 26.8 Å². The maximum Gasteiger partial charge on any atom is 0.411 e. The Balaban J connectivity index is 1.38. The largest absolute Gasteiger partial charge is 0.472 e. The molecule has 0 radical (unpaired) electrons. The van der Waals surface area contributed by atoms with Crippen LogP contribution in [0.1, 0.15) is 46.5 Å². The van der Waals surface area contributed by atoms with Crippen LogP contribution in [0.15, 0.2) is 43.1 Å². The molecule has 0 bridgehead atoms. The van der Waals surface area contributed by atoms with Gasteiger partial charge in [0.25, 0.3) is 5.91 Å². The first-order valence-corrected chi connectivity index (χ1v) is 15.0. The predicted octanol–water partition coefficient (Wildman–Crippen LogP) is 2.80. The zero-order valence-corrected chi connectivity index (χ0v) is 23.9. The topological polar surface area (TPSA) is 144 Å². The van der Waals surface area contributed by atoms with Gasteiger partial charge in [0.15, 0.2) is 0 Å². The summed E-state index contributed by atoms with van der Waals surface area (Å²) in [6.07, 6.45) is 2.56. The normalized spacial score (nSPS) is 25.9. The van der Waals surface area contributed by atoms with Crippen molar-refractivity contribution in [2.24, 2.45) is 5.92 Å². The van der Waals surface area contributed by atoms with E-state index in [9.17, 15) is 27.2 Å². The number of hydrogen-bond acceptors (Lipinski definition) is 8. The molecule has 2 aromatic rings. The number of sulfonamides is 1. The molecule has 1 aromatic carbocycles. The SMILES string of the molecule is C=C[C@@H]1CC1(NC(=O)C1C[C@@H](Oc2nccc3c(F)cccc23)CN1C(=O)OC(C)(C)C)C(=O)NS(=O)(=O)C1CC1. The van der Waals surface area contributed by atoms with Gasteiger partial charge in [0, 0.05) is 29.3 Å². The number of carbonyl (C=O) groups excluding carboxylic acids is 3. The van der Waals surface area contributed by atoms with Gasteiger partial charge < -0.3 is 14.8 Å². The number of halogens is 1. The molecule has 1 saturated heterocycles. The van der Waals surface area contributed by atoms with Crippen LogP contribution in [0, 0.1) is 11.7 Å². The van der Waals surface area contributed by atoms with Gasteiger partial charge in [-0.25, -0.2) is 22.6 Å². The Morgan fingerprint density at radius 3 is 2.56 bits per heavy atom. The molecular formula is C28H33FN4O7S. The van der Waals surface area contributed by atoms with Gasteiger partial charge in [-0.3, -0.25) is 19.2 Å². The Bertz CT molecular complexity index is 1520. The molecule has 2 heterocycles. The highest BCUT2D eigenvalue weighted by Gasteiger charge is 2.62. The van der Waals surface area contributed by atoms with Gasteiger partial charge in [-0.2, -0.15) is 0 Å². The monoisotopic (exact) mass is 588 g/mol. The first-order chi connectivity index (χ1) is 19.2. The fourth-order valence-electron chi connectivity index (χ4n) is 5.07. The molecule has 11 nitrogen and oxygen atoms in total. The molecule has 4 atom stereocenters. The standard InChI is InChI=1S/C28H33FN4O7S/c1-5-16-14-28(16,25(35)32-41(37,38)18-9-10-18)31-23(34)22-13-17(15-33(22)26(36)40-27(2,3)4)39-24-20-7-6-8-21(29)19(20)11-12-30-24/h5-8,11-12,16-18,22H,1,9-10,13-15H2,2-4H3,(H,31,34)(H,32,35)/t16-,17-,22?,28?/m1/s1. The number of carbonyl (C=O) groups is 3. The number of hydrogen-bond donors (Lipinski definition) is 2. The Hall–Kier alpha value is -3.74. The van der Waals surface area contributed by atoms with E-state index < -0.39 is 68.2 Å². The zero-order chi connectivity index (χ0) is 29.7. The Kier molecular flexibility index (Phi) is 7.21. The van der Waals surface area contributed by atoms with Crippen LogP contribution in [0.5, 0.6) is 5.88 Å². The van der Waals surface area contributed by atoms with E-state index >= 15 is 0 Å². The van der Waals surface area contributed by atoms with Gasteiger partial charge in [-0.15, -0.1) is 6.58 Å². The molecule has 2 unspecified atom stereocenters. The lowest BCUT2D eigenvalue weighted by atomic mass is 10.1. The van der Waals surface area contributed by atoms with Crippen molar-refractivity contribution < 1.29 is 36.7 Å². The Morgan fingerprint density at radius 1 is 1.20 bits per heavy atom. The molecule has 1 aromatic heterocycles. The minimum Gasteiger partial charge on any atom is -0.472 e. The number of nitrogens with zero attached hydrogens (tertiary/aromatic N) is 2. The summed E-state index contributed by atoms with van der Waals surface area (Å²) in [6.45, 7) is 8.74. The summed E-state index contributed by atoms with van der Waals surface area (Å²) < 4.78 is 52.9. The molecule has 1 aliphatic heterocycles. The van der Waals surface area contributed by atoms with Crippen molar-refractivity contribution in [1.29, 1.82) is 0 Å². The third kappa shape index (κ3) is 5.85. The van der Waals surface area contributed by atoms with Gasteiger partial charge >= 0.3 is 6.09 Å². The molecule has 2 saturated carbocycles. The quantitative estimate of drug-likeness (QED) is 0.448. The van der Waals surface area contributed by atoms with Crippen LogP contribution >= 0.6 is 0 Å². The number of nitrogens with one attached hydrogen (secondary N) is 2. The average molecular weight is 589 g/mol. The third-order valence-corrected chi connectivity index (χ3v) is 9.26. The summed E-state index contributed by atoms with van der Waals surface area (Å²) >= 11 is 0. The molecular weight excluding hydrogens is 555 g/mol. The molecule has 2 aliphatic carbocycles. The van der Waals surface area contributed by atoms with E-state index in [2.05, 4.69) is 21.6 Å². The van der Waals surface area contributed by atoms with Crippen molar-refractivity contribution in [3.63, 3.8) is 0 Å². The molecule has 3 fully saturated rings. The summed E-state index contributed by atoms with van der Waals surface area (Å²) in [5.41, 5.74) is -2.36. The predicted molar refractivity (Wildman–Crippen MR) is 147 cm³/mol.